The lowest BCUT2D eigenvalue weighted by molar-refractivity contribution is 0.127. The molecule has 0 aromatic heterocycles. The van der Waals surface area contributed by atoms with Crippen LogP contribution in [-0.2, 0) is 11.3 Å². The van der Waals surface area contributed by atoms with E-state index in [1.807, 2.05) is 64.4 Å². The van der Waals surface area contributed by atoms with E-state index in [4.69, 9.17) is 16.3 Å². The summed E-state index contributed by atoms with van der Waals surface area (Å²) in [6.07, 6.45) is 4.58. The molecule has 0 spiro atoms. The van der Waals surface area contributed by atoms with Crippen LogP contribution >= 0.6 is 11.6 Å². The number of anilines is 1. The third kappa shape index (κ3) is 3.45. The molecule has 3 unspecified atom stereocenters. The van der Waals surface area contributed by atoms with Crippen molar-refractivity contribution in [1.29, 1.82) is 0 Å². The maximum atomic E-state index is 13.2. The minimum atomic E-state index is -0.386. The maximum Gasteiger partial charge on any atom is 0.414 e. The van der Waals surface area contributed by atoms with Crippen molar-refractivity contribution in [3.8, 4) is 0 Å². The number of hydrogen-bond donors (Lipinski definition) is 0. The predicted molar refractivity (Wildman–Crippen MR) is 116 cm³/mol. The Balaban J connectivity index is 1.48. The first-order valence-electron chi connectivity index (χ1n) is 10.7. The van der Waals surface area contributed by atoms with Crippen molar-refractivity contribution in [2.24, 2.45) is 5.92 Å². The van der Waals surface area contributed by atoms with Gasteiger partial charge >= 0.3 is 11.5 Å². The lowest BCUT2D eigenvalue weighted by Gasteiger charge is -2.46. The van der Waals surface area contributed by atoms with Crippen LogP contribution in [0.2, 0.25) is 0 Å². The van der Waals surface area contributed by atoms with Gasteiger partial charge in [-0.3, -0.25) is 9.69 Å². The Morgan fingerprint density at radius 2 is 1.73 bits per heavy atom. The van der Waals surface area contributed by atoms with Crippen LogP contribution in [0.5, 0.6) is 0 Å². The van der Waals surface area contributed by atoms with Gasteiger partial charge < -0.3 is 9.64 Å². The monoisotopic (exact) mass is 424 g/mol. The maximum absolute atomic E-state index is 13.2. The van der Waals surface area contributed by atoms with E-state index in [-0.39, 0.29) is 42.1 Å². The number of para-hydroxylation sites is 1. The topological polar surface area (TPSA) is 49.9 Å². The van der Waals surface area contributed by atoms with Crippen molar-refractivity contribution >= 4 is 28.7 Å². The largest absolute Gasteiger partial charge is 0.444 e. The van der Waals surface area contributed by atoms with Crippen LogP contribution < -0.4 is 4.90 Å². The molecular weight excluding hydrogens is 400 g/mol. The van der Waals surface area contributed by atoms with Crippen LogP contribution in [0.4, 0.5) is 15.3 Å². The zero-order valence-corrected chi connectivity index (χ0v) is 17.5. The predicted octanol–water partition coefficient (Wildman–Crippen LogP) is 5.88. The first kappa shape index (κ1) is 19.4. The lowest BCUT2D eigenvalue weighted by Crippen LogP contribution is -2.52. The van der Waals surface area contributed by atoms with Crippen LogP contribution in [0.25, 0.3) is 0 Å². The molecule has 6 heteroatoms. The summed E-state index contributed by atoms with van der Waals surface area (Å²) in [4.78, 5) is 29.3. The Morgan fingerprint density at radius 1 is 1.00 bits per heavy atom. The average Bonchev–Trinajstić information content (AvgIpc) is 3.48. The van der Waals surface area contributed by atoms with E-state index in [1.165, 1.54) is 0 Å². The summed E-state index contributed by atoms with van der Waals surface area (Å²) < 4.78 is 5.72. The smallest absolute Gasteiger partial charge is 0.414 e. The molecule has 0 radical (unpaired) electrons. The SMILES string of the molecule is O=C(OCc1ccccc1)N1c2ccccc2C(N(C(=O)Cl)C2CC2)C2CCCC21. The zero-order valence-electron chi connectivity index (χ0n) is 16.7. The van der Waals surface area contributed by atoms with Gasteiger partial charge in [0.2, 0.25) is 0 Å². The Bertz CT molecular complexity index is 946. The number of halogens is 1. The van der Waals surface area contributed by atoms with Gasteiger partial charge in [-0.2, -0.15) is 0 Å². The highest BCUT2D eigenvalue weighted by atomic mass is 35.5. The molecule has 5 rings (SSSR count). The van der Waals surface area contributed by atoms with E-state index < -0.39 is 0 Å². The summed E-state index contributed by atoms with van der Waals surface area (Å²) >= 11 is 6.07. The third-order valence-corrected chi connectivity index (χ3v) is 6.82. The summed E-state index contributed by atoms with van der Waals surface area (Å²) in [6, 6.07) is 17.8. The summed E-state index contributed by atoms with van der Waals surface area (Å²) in [5.74, 6) is 0.174. The first-order chi connectivity index (χ1) is 14.6. The van der Waals surface area contributed by atoms with Gasteiger partial charge in [-0.15, -0.1) is 0 Å². The molecule has 5 nitrogen and oxygen atoms in total. The zero-order chi connectivity index (χ0) is 20.7. The van der Waals surface area contributed by atoms with Gasteiger partial charge in [-0.25, -0.2) is 4.79 Å². The number of amides is 2. The highest BCUT2D eigenvalue weighted by molar-refractivity contribution is 6.62. The van der Waals surface area contributed by atoms with Gasteiger partial charge in [0.25, 0.3) is 0 Å². The molecule has 2 fully saturated rings. The highest BCUT2D eigenvalue weighted by Crippen LogP contribution is 2.52. The number of hydrogen-bond acceptors (Lipinski definition) is 3. The molecule has 0 N–H and O–H groups in total. The van der Waals surface area contributed by atoms with E-state index in [9.17, 15) is 9.59 Å². The number of ether oxygens (including phenoxy) is 1. The van der Waals surface area contributed by atoms with E-state index in [2.05, 4.69) is 0 Å². The van der Waals surface area contributed by atoms with Gasteiger partial charge in [0.1, 0.15) is 6.61 Å². The van der Waals surface area contributed by atoms with Crippen molar-refractivity contribution in [3.05, 3.63) is 65.7 Å². The minimum Gasteiger partial charge on any atom is -0.444 e. The normalized spacial score (nSPS) is 24.7. The molecule has 156 valence electrons. The molecule has 2 aromatic rings. The molecule has 2 aromatic carbocycles. The minimum absolute atomic E-state index is 0.0189. The summed E-state index contributed by atoms with van der Waals surface area (Å²) in [7, 11) is 0. The molecule has 0 saturated heterocycles. The van der Waals surface area contributed by atoms with E-state index in [0.29, 0.717) is 0 Å². The quantitative estimate of drug-likeness (QED) is 0.455. The van der Waals surface area contributed by atoms with Crippen molar-refractivity contribution in [3.63, 3.8) is 0 Å². The van der Waals surface area contributed by atoms with Crippen LogP contribution in [-0.4, -0.2) is 28.4 Å². The van der Waals surface area contributed by atoms with Gasteiger partial charge in [-0.1, -0.05) is 55.0 Å². The van der Waals surface area contributed by atoms with Crippen LogP contribution in [0.3, 0.4) is 0 Å². The van der Waals surface area contributed by atoms with Gasteiger partial charge in [0, 0.05) is 18.0 Å². The third-order valence-electron chi connectivity index (χ3n) is 6.63. The number of carbonyl (C=O) groups excluding carboxylic acids is 2. The Labute approximate surface area is 181 Å². The number of nitrogens with zero attached hydrogens (tertiary/aromatic N) is 2. The number of fused-ring (bicyclic) bond motifs is 2. The fourth-order valence-corrected chi connectivity index (χ4v) is 5.48. The van der Waals surface area contributed by atoms with Gasteiger partial charge in [0.05, 0.1) is 11.7 Å². The molecule has 30 heavy (non-hydrogen) atoms. The van der Waals surface area contributed by atoms with Gasteiger partial charge in [-0.05, 0) is 54.5 Å². The lowest BCUT2D eigenvalue weighted by atomic mass is 9.82. The van der Waals surface area contributed by atoms with Crippen LogP contribution in [0.1, 0.15) is 49.3 Å². The Hall–Kier alpha value is -2.53. The molecule has 2 saturated carbocycles. The molecule has 1 aliphatic heterocycles. The number of benzene rings is 2. The second-order valence-corrected chi connectivity index (χ2v) is 8.79. The molecule has 2 amide bonds. The number of rotatable bonds is 4. The molecule has 1 heterocycles. The highest BCUT2D eigenvalue weighted by Gasteiger charge is 2.51. The van der Waals surface area contributed by atoms with E-state index in [1.54, 1.807) is 0 Å². The second-order valence-electron chi connectivity index (χ2n) is 8.47. The van der Waals surface area contributed by atoms with Crippen molar-refractivity contribution in [2.45, 2.75) is 56.8 Å². The van der Waals surface area contributed by atoms with E-state index >= 15 is 0 Å². The van der Waals surface area contributed by atoms with Crippen molar-refractivity contribution in [2.75, 3.05) is 4.90 Å². The molecular formula is C24H25ClN2O3. The summed E-state index contributed by atoms with van der Waals surface area (Å²) in [5.41, 5.74) is 2.80. The van der Waals surface area contributed by atoms with E-state index in [0.717, 1.165) is 48.9 Å². The molecule has 3 atom stereocenters. The summed E-state index contributed by atoms with van der Waals surface area (Å²) in [6.45, 7) is 0.244. The van der Waals surface area contributed by atoms with Crippen LogP contribution in [0.15, 0.2) is 54.6 Å². The van der Waals surface area contributed by atoms with Gasteiger partial charge in [0.15, 0.2) is 0 Å². The average molecular weight is 425 g/mol. The fraction of sp³-hybridized carbons (Fsp3) is 0.417. The van der Waals surface area contributed by atoms with Crippen molar-refractivity contribution in [1.82, 2.24) is 4.90 Å². The second kappa shape index (κ2) is 7.95. The number of carbonyl (C=O) groups is 2. The molecule has 2 aliphatic carbocycles. The van der Waals surface area contributed by atoms with Crippen LogP contribution in [0, 0.1) is 5.92 Å². The van der Waals surface area contributed by atoms with Crippen molar-refractivity contribution < 1.29 is 14.3 Å². The fourth-order valence-electron chi connectivity index (χ4n) is 5.24. The Morgan fingerprint density at radius 3 is 2.47 bits per heavy atom. The first-order valence-corrected chi connectivity index (χ1v) is 11.1. The molecule has 3 aliphatic rings. The summed E-state index contributed by atoms with van der Waals surface area (Å²) in [5, 5.41) is -0.386. The Kier molecular flexibility index (Phi) is 5.15. The standard InChI is InChI=1S/C24H25ClN2O3/c25-23(28)26(17-13-14-17)22-18-9-4-5-11-20(18)27(21-12-6-10-19(21)22)24(29)30-15-16-7-2-1-3-8-16/h1-5,7-9,11,17,19,21-22H,6,10,12-15H2. The molecule has 0 bridgehead atoms.